The highest BCUT2D eigenvalue weighted by molar-refractivity contribution is 6.01. The third kappa shape index (κ3) is 13.8. The molecule has 0 spiro atoms. The number of carbonyl (C=O) groups excluding carboxylic acids is 5. The summed E-state index contributed by atoms with van der Waals surface area (Å²) in [5, 5.41) is 5.88. The van der Waals surface area contributed by atoms with Crippen molar-refractivity contribution in [1.29, 1.82) is 0 Å². The first-order valence-electron chi connectivity index (χ1n) is 16.2. The Morgan fingerprint density at radius 3 is 1.67 bits per heavy atom. The van der Waals surface area contributed by atoms with Crippen LogP contribution in [0, 0.1) is 23.7 Å². The van der Waals surface area contributed by atoms with Gasteiger partial charge in [0.15, 0.2) is 11.6 Å². The van der Waals surface area contributed by atoms with Crippen LogP contribution in [0.2, 0.25) is 0 Å². The van der Waals surface area contributed by atoms with Gasteiger partial charge in [0.25, 0.3) is 0 Å². The SMILES string of the molecule is C=C(C)C(=O)[C@H](CC(C)C)NC(=O)[C@@H](CC(=O)[C@H](CC(C)C)NC(=O)[C@H](CCc1ccccc1)CC(C)=O)Cc1ccccc1. The maximum absolute atomic E-state index is 13.9. The van der Waals surface area contributed by atoms with Crippen molar-refractivity contribution in [3.05, 3.63) is 83.9 Å². The zero-order valence-corrected chi connectivity index (χ0v) is 27.9. The van der Waals surface area contributed by atoms with Gasteiger partial charge in [-0.3, -0.25) is 19.2 Å². The maximum atomic E-state index is 13.9. The number of amides is 2. The fraction of sp³-hybridized carbons (Fsp3) is 0.500. The molecule has 0 aromatic heterocycles. The van der Waals surface area contributed by atoms with Crippen LogP contribution in [0.15, 0.2) is 72.8 Å². The van der Waals surface area contributed by atoms with Crippen LogP contribution in [0.1, 0.15) is 84.8 Å². The smallest absolute Gasteiger partial charge is 0.224 e. The van der Waals surface area contributed by atoms with Gasteiger partial charge in [-0.15, -0.1) is 0 Å². The predicted octanol–water partition coefficient (Wildman–Crippen LogP) is 6.24. The first-order valence-corrected chi connectivity index (χ1v) is 16.2. The lowest BCUT2D eigenvalue weighted by molar-refractivity contribution is -0.134. The number of ketones is 3. The van der Waals surface area contributed by atoms with Crippen molar-refractivity contribution in [2.75, 3.05) is 0 Å². The van der Waals surface area contributed by atoms with E-state index in [1.165, 1.54) is 6.92 Å². The Labute approximate surface area is 269 Å². The van der Waals surface area contributed by atoms with Crippen molar-refractivity contribution in [2.24, 2.45) is 23.7 Å². The molecule has 2 amide bonds. The molecule has 2 rings (SSSR count). The fourth-order valence-corrected chi connectivity index (χ4v) is 5.52. The Morgan fingerprint density at radius 1 is 0.667 bits per heavy atom. The molecule has 0 aliphatic rings. The van der Waals surface area contributed by atoms with Crippen LogP contribution >= 0.6 is 0 Å². The van der Waals surface area contributed by atoms with Crippen LogP contribution in [0.4, 0.5) is 0 Å². The molecule has 7 nitrogen and oxygen atoms in total. The van der Waals surface area contributed by atoms with Crippen LogP contribution in [0.5, 0.6) is 0 Å². The average Bonchev–Trinajstić information content (AvgIpc) is 2.98. The lowest BCUT2D eigenvalue weighted by Gasteiger charge is -2.26. The third-order valence-corrected chi connectivity index (χ3v) is 7.85. The molecule has 2 N–H and O–H groups in total. The summed E-state index contributed by atoms with van der Waals surface area (Å²) in [4.78, 5) is 66.2. The molecule has 7 heteroatoms. The summed E-state index contributed by atoms with van der Waals surface area (Å²) >= 11 is 0. The summed E-state index contributed by atoms with van der Waals surface area (Å²) < 4.78 is 0. The summed E-state index contributed by atoms with van der Waals surface area (Å²) in [6.45, 7) is 14.8. The van der Waals surface area contributed by atoms with Gasteiger partial charge in [-0.1, -0.05) is 94.9 Å². The molecule has 0 saturated carbocycles. The first kappa shape index (κ1) is 37.3. The Balaban J connectivity index is 2.29. The first-order chi connectivity index (χ1) is 21.3. The zero-order chi connectivity index (χ0) is 33.5. The third-order valence-electron chi connectivity index (χ3n) is 7.85. The molecule has 0 unspecified atom stereocenters. The number of carbonyl (C=O) groups is 5. The fourth-order valence-electron chi connectivity index (χ4n) is 5.52. The normalized spacial score (nSPS) is 13.9. The van der Waals surface area contributed by atoms with Crippen LogP contribution in [0.3, 0.4) is 0 Å². The highest BCUT2D eigenvalue weighted by Crippen LogP contribution is 2.20. The lowest BCUT2D eigenvalue weighted by Crippen LogP contribution is -2.48. The summed E-state index contributed by atoms with van der Waals surface area (Å²) in [7, 11) is 0. The Bertz CT molecular complexity index is 1290. The van der Waals surface area contributed by atoms with Gasteiger partial charge in [-0.2, -0.15) is 0 Å². The second kappa shape index (κ2) is 18.8. The number of nitrogens with one attached hydrogen (secondary N) is 2. The number of hydrogen-bond acceptors (Lipinski definition) is 5. The molecule has 2 aromatic rings. The quantitative estimate of drug-likeness (QED) is 0.171. The second-order valence-corrected chi connectivity index (χ2v) is 13.2. The van der Waals surface area contributed by atoms with Crippen molar-refractivity contribution in [1.82, 2.24) is 10.6 Å². The van der Waals surface area contributed by atoms with E-state index in [4.69, 9.17) is 0 Å². The second-order valence-electron chi connectivity index (χ2n) is 13.2. The van der Waals surface area contributed by atoms with E-state index in [2.05, 4.69) is 17.2 Å². The molecule has 0 fully saturated rings. The van der Waals surface area contributed by atoms with Gasteiger partial charge in [0.05, 0.1) is 12.1 Å². The maximum Gasteiger partial charge on any atom is 0.224 e. The molecule has 0 radical (unpaired) electrons. The molecule has 0 aliphatic carbocycles. The summed E-state index contributed by atoms with van der Waals surface area (Å²) in [5.41, 5.74) is 2.33. The van der Waals surface area contributed by atoms with E-state index in [9.17, 15) is 24.0 Å². The van der Waals surface area contributed by atoms with Gasteiger partial charge in [0.1, 0.15) is 5.78 Å². The molecule has 0 heterocycles. The number of rotatable bonds is 20. The number of Topliss-reactive ketones (excluding diaryl/α,β-unsaturated/α-hetero) is 3. The van der Waals surface area contributed by atoms with Gasteiger partial charge in [-0.25, -0.2) is 0 Å². The van der Waals surface area contributed by atoms with E-state index in [-0.39, 0.29) is 53.8 Å². The van der Waals surface area contributed by atoms with Gasteiger partial charge >= 0.3 is 0 Å². The molecular formula is C38H52N2O5. The van der Waals surface area contributed by atoms with Crippen LogP contribution in [0.25, 0.3) is 0 Å². The Hall–Kier alpha value is -3.87. The molecule has 0 bridgehead atoms. The predicted molar refractivity (Wildman–Crippen MR) is 179 cm³/mol. The standard InChI is InChI=1S/C38H52N2O5/c1-25(2)20-33(39-37(44)31(22-28(7)41)19-18-29-14-10-8-11-15-29)35(42)24-32(23-30-16-12-9-13-17-30)38(45)40-34(21-26(3)4)36(43)27(5)6/h8-17,25-26,31-34H,5,18-24H2,1-4,6-7H3,(H,39,44)(H,40,45)/t31-,32-,33+,34+/m1/s1. The minimum atomic E-state index is -0.807. The van der Waals surface area contributed by atoms with Gasteiger partial charge in [0.2, 0.25) is 11.8 Å². The molecule has 244 valence electrons. The van der Waals surface area contributed by atoms with Crippen LogP contribution < -0.4 is 10.6 Å². The zero-order valence-electron chi connectivity index (χ0n) is 27.9. The molecule has 45 heavy (non-hydrogen) atoms. The van der Waals surface area contributed by atoms with E-state index in [0.29, 0.717) is 37.7 Å². The van der Waals surface area contributed by atoms with Crippen molar-refractivity contribution in [3.63, 3.8) is 0 Å². The van der Waals surface area contributed by atoms with Crippen molar-refractivity contribution in [2.45, 2.75) is 98.6 Å². The summed E-state index contributed by atoms with van der Waals surface area (Å²) in [6, 6.07) is 17.7. The van der Waals surface area contributed by atoms with Gasteiger partial charge in [-0.05, 0) is 74.5 Å². The highest BCUT2D eigenvalue weighted by Gasteiger charge is 2.32. The molecule has 2 aromatic carbocycles. The summed E-state index contributed by atoms with van der Waals surface area (Å²) in [6.07, 6.45) is 2.26. The van der Waals surface area contributed by atoms with Crippen molar-refractivity contribution in [3.8, 4) is 0 Å². The monoisotopic (exact) mass is 616 g/mol. The van der Waals surface area contributed by atoms with Crippen molar-refractivity contribution >= 4 is 29.2 Å². The van der Waals surface area contributed by atoms with Gasteiger partial charge in [0, 0.05) is 24.7 Å². The number of aryl methyl sites for hydroxylation is 1. The summed E-state index contributed by atoms with van der Waals surface area (Å²) in [5.74, 6) is -2.32. The van der Waals surface area contributed by atoms with E-state index in [1.807, 2.05) is 88.4 Å². The Kier molecular flexibility index (Phi) is 15.6. The topological polar surface area (TPSA) is 109 Å². The van der Waals surface area contributed by atoms with Crippen LogP contribution in [-0.2, 0) is 36.8 Å². The van der Waals surface area contributed by atoms with Crippen molar-refractivity contribution < 1.29 is 24.0 Å². The number of hydrogen-bond donors (Lipinski definition) is 2. The molecule has 0 saturated heterocycles. The molecule has 0 aliphatic heterocycles. The minimum Gasteiger partial charge on any atom is -0.346 e. The highest BCUT2D eigenvalue weighted by atomic mass is 16.2. The van der Waals surface area contributed by atoms with E-state index in [0.717, 1.165) is 11.1 Å². The lowest BCUT2D eigenvalue weighted by atomic mass is 9.87. The minimum absolute atomic E-state index is 0.0881. The van der Waals surface area contributed by atoms with E-state index < -0.39 is 23.9 Å². The number of benzene rings is 2. The van der Waals surface area contributed by atoms with Gasteiger partial charge < -0.3 is 15.4 Å². The molecular weight excluding hydrogens is 564 g/mol. The van der Waals surface area contributed by atoms with Crippen LogP contribution in [-0.4, -0.2) is 41.2 Å². The van der Waals surface area contributed by atoms with E-state index >= 15 is 0 Å². The Morgan fingerprint density at radius 2 is 1.16 bits per heavy atom. The molecule has 4 atom stereocenters. The largest absolute Gasteiger partial charge is 0.346 e. The van der Waals surface area contributed by atoms with E-state index in [1.54, 1.807) is 6.92 Å². The average molecular weight is 617 g/mol.